The summed E-state index contributed by atoms with van der Waals surface area (Å²) in [5.74, 6) is -0.169. The summed E-state index contributed by atoms with van der Waals surface area (Å²) in [5, 5.41) is 8.55. The Hall–Kier alpha value is -1.35. The van der Waals surface area contributed by atoms with E-state index in [-0.39, 0.29) is 12.4 Å². The van der Waals surface area contributed by atoms with Crippen LogP contribution in [0.3, 0.4) is 0 Å². The second-order valence-electron chi connectivity index (χ2n) is 2.42. The van der Waals surface area contributed by atoms with Crippen LogP contribution < -0.4 is 0 Å². The third-order valence-electron chi connectivity index (χ3n) is 1.52. The van der Waals surface area contributed by atoms with Gasteiger partial charge >= 0.3 is 0 Å². The molecular weight excluding hydrogens is 156 g/mol. The van der Waals surface area contributed by atoms with Crippen molar-refractivity contribution in [1.29, 1.82) is 0 Å². The second-order valence-corrected chi connectivity index (χ2v) is 2.42. The summed E-state index contributed by atoms with van der Waals surface area (Å²) in [7, 11) is 0. The molecule has 1 rings (SSSR count). The fourth-order valence-corrected chi connectivity index (χ4v) is 0.846. The molecule has 0 saturated heterocycles. The first kappa shape index (κ1) is 8.74. The Morgan fingerprint density at radius 2 is 2.42 bits per heavy atom. The van der Waals surface area contributed by atoms with Crippen LogP contribution in [0.4, 0.5) is 0 Å². The first-order valence-electron chi connectivity index (χ1n) is 3.61. The van der Waals surface area contributed by atoms with E-state index >= 15 is 0 Å². The van der Waals surface area contributed by atoms with E-state index in [1.54, 1.807) is 6.07 Å². The number of furan rings is 1. The van der Waals surface area contributed by atoms with Crippen LogP contribution in [0.25, 0.3) is 0 Å². The van der Waals surface area contributed by atoms with Crippen LogP contribution in [0.1, 0.15) is 16.8 Å². The summed E-state index contributed by atoms with van der Waals surface area (Å²) < 4.78 is 4.74. The molecule has 0 unspecified atom stereocenters. The van der Waals surface area contributed by atoms with Gasteiger partial charge in [0.05, 0.1) is 11.8 Å². The van der Waals surface area contributed by atoms with E-state index < -0.39 is 0 Å². The minimum Gasteiger partial charge on any atom is -0.472 e. The normalized spacial score (nSPS) is 9.75. The quantitative estimate of drug-likeness (QED) is 0.543. The maximum absolute atomic E-state index is 11.3. The highest BCUT2D eigenvalue weighted by atomic mass is 16.3. The zero-order valence-electron chi connectivity index (χ0n) is 6.62. The lowest BCUT2D eigenvalue weighted by Crippen LogP contribution is -2.02. The van der Waals surface area contributed by atoms with Crippen molar-refractivity contribution in [2.45, 2.75) is 6.42 Å². The zero-order valence-corrected chi connectivity index (χ0v) is 6.62. The van der Waals surface area contributed by atoms with E-state index in [1.165, 1.54) is 12.5 Å². The van der Waals surface area contributed by atoms with Crippen LogP contribution >= 0.6 is 0 Å². The van der Waals surface area contributed by atoms with Crippen molar-refractivity contribution >= 4 is 5.78 Å². The lowest BCUT2D eigenvalue weighted by atomic mass is 10.1. The Kier molecular flexibility index (Phi) is 2.82. The van der Waals surface area contributed by atoms with E-state index in [0.29, 0.717) is 17.6 Å². The van der Waals surface area contributed by atoms with Gasteiger partial charge in [-0.2, -0.15) is 0 Å². The van der Waals surface area contributed by atoms with Crippen molar-refractivity contribution < 1.29 is 14.3 Å². The molecule has 0 amide bonds. The molecule has 1 aromatic rings. The number of carbonyl (C=O) groups is 1. The molecule has 0 radical (unpaired) electrons. The summed E-state index contributed by atoms with van der Waals surface area (Å²) in [5.41, 5.74) is 0.882. The van der Waals surface area contributed by atoms with E-state index in [0.717, 1.165) is 0 Å². The van der Waals surface area contributed by atoms with Gasteiger partial charge in [-0.05, 0) is 18.1 Å². The summed E-state index contributed by atoms with van der Waals surface area (Å²) in [6, 6.07) is 1.57. The van der Waals surface area contributed by atoms with Crippen LogP contribution in [-0.2, 0) is 0 Å². The molecule has 0 spiro atoms. The van der Waals surface area contributed by atoms with Crippen molar-refractivity contribution in [2.24, 2.45) is 0 Å². The number of aliphatic hydroxyl groups is 1. The van der Waals surface area contributed by atoms with Crippen LogP contribution in [0.15, 0.2) is 35.2 Å². The Bertz CT molecular complexity index is 272. The molecule has 0 atom stereocenters. The summed E-state index contributed by atoms with van der Waals surface area (Å²) in [6.07, 6.45) is 3.11. The van der Waals surface area contributed by atoms with Gasteiger partial charge in [0.15, 0.2) is 5.78 Å². The summed E-state index contributed by atoms with van der Waals surface area (Å²) in [6.45, 7) is 3.50. The molecule has 3 heteroatoms. The number of Topliss-reactive ketones (excluding diaryl/α,β-unsaturated/α-hetero) is 1. The van der Waals surface area contributed by atoms with E-state index in [2.05, 4.69) is 6.58 Å². The molecule has 3 nitrogen and oxygen atoms in total. The van der Waals surface area contributed by atoms with Gasteiger partial charge in [-0.3, -0.25) is 4.79 Å². The van der Waals surface area contributed by atoms with Gasteiger partial charge in [0.25, 0.3) is 0 Å². The van der Waals surface area contributed by atoms with Gasteiger partial charge in [0.1, 0.15) is 6.26 Å². The van der Waals surface area contributed by atoms with Crippen LogP contribution in [-0.4, -0.2) is 17.5 Å². The van der Waals surface area contributed by atoms with Crippen molar-refractivity contribution in [3.8, 4) is 0 Å². The molecule has 1 aromatic heterocycles. The van der Waals surface area contributed by atoms with Crippen LogP contribution in [0.5, 0.6) is 0 Å². The Morgan fingerprint density at radius 1 is 1.67 bits per heavy atom. The number of aliphatic hydroxyl groups excluding tert-OH is 1. The van der Waals surface area contributed by atoms with E-state index in [4.69, 9.17) is 9.52 Å². The Balaban J connectivity index is 2.66. The molecule has 0 aromatic carbocycles. The molecule has 0 fully saturated rings. The third-order valence-corrected chi connectivity index (χ3v) is 1.52. The summed E-state index contributed by atoms with van der Waals surface area (Å²) >= 11 is 0. The predicted molar refractivity (Wildman–Crippen MR) is 43.9 cm³/mol. The lowest BCUT2D eigenvalue weighted by Gasteiger charge is -1.98. The Labute approximate surface area is 70.3 Å². The number of hydrogen-bond acceptors (Lipinski definition) is 3. The van der Waals surface area contributed by atoms with E-state index in [9.17, 15) is 4.79 Å². The summed E-state index contributed by atoms with van der Waals surface area (Å²) in [4.78, 5) is 11.3. The zero-order chi connectivity index (χ0) is 8.97. The minimum absolute atomic E-state index is 0.0532. The highest BCUT2D eigenvalue weighted by Gasteiger charge is 2.09. The van der Waals surface area contributed by atoms with Gasteiger partial charge in [-0.15, -0.1) is 0 Å². The van der Waals surface area contributed by atoms with Crippen LogP contribution in [0, 0.1) is 0 Å². The topological polar surface area (TPSA) is 50.4 Å². The first-order chi connectivity index (χ1) is 5.75. The molecular formula is C9H10O3. The average molecular weight is 166 g/mol. The highest BCUT2D eigenvalue weighted by Crippen LogP contribution is 2.09. The van der Waals surface area contributed by atoms with Crippen molar-refractivity contribution in [3.05, 3.63) is 36.3 Å². The monoisotopic (exact) mass is 166 g/mol. The molecule has 1 heterocycles. The molecule has 0 bridgehead atoms. The van der Waals surface area contributed by atoms with Crippen molar-refractivity contribution in [3.63, 3.8) is 0 Å². The maximum Gasteiger partial charge on any atom is 0.191 e. The molecule has 64 valence electrons. The van der Waals surface area contributed by atoms with Gasteiger partial charge in [-0.25, -0.2) is 0 Å². The number of rotatable bonds is 4. The number of carbonyl (C=O) groups excluding carboxylic acids is 1. The van der Waals surface area contributed by atoms with Gasteiger partial charge in [-0.1, -0.05) is 6.58 Å². The smallest absolute Gasteiger partial charge is 0.191 e. The third kappa shape index (κ3) is 1.83. The standard InChI is InChI=1S/C9H10O3/c1-7(2-4-10)9(11)8-3-5-12-6-8/h3,5-6,10H,1-2,4H2. The largest absolute Gasteiger partial charge is 0.472 e. The number of hydrogen-bond donors (Lipinski definition) is 1. The fourth-order valence-electron chi connectivity index (χ4n) is 0.846. The average Bonchev–Trinajstić information content (AvgIpc) is 2.55. The van der Waals surface area contributed by atoms with Crippen molar-refractivity contribution in [2.75, 3.05) is 6.61 Å². The minimum atomic E-state index is -0.169. The SMILES string of the molecule is C=C(CCO)C(=O)c1ccoc1. The second kappa shape index (κ2) is 3.88. The van der Waals surface area contributed by atoms with Crippen LogP contribution in [0.2, 0.25) is 0 Å². The van der Waals surface area contributed by atoms with Gasteiger partial charge in [0.2, 0.25) is 0 Å². The maximum atomic E-state index is 11.3. The fraction of sp³-hybridized carbons (Fsp3) is 0.222. The molecule has 0 saturated carbocycles. The van der Waals surface area contributed by atoms with E-state index in [1.807, 2.05) is 0 Å². The first-order valence-corrected chi connectivity index (χ1v) is 3.61. The molecule has 1 N–H and O–H groups in total. The van der Waals surface area contributed by atoms with Gasteiger partial charge < -0.3 is 9.52 Å². The molecule has 0 aliphatic carbocycles. The number of ketones is 1. The predicted octanol–water partition coefficient (Wildman–Crippen LogP) is 1.40. The highest BCUT2D eigenvalue weighted by molar-refractivity contribution is 6.07. The Morgan fingerprint density at radius 3 is 2.92 bits per heavy atom. The van der Waals surface area contributed by atoms with Crippen molar-refractivity contribution in [1.82, 2.24) is 0 Å². The van der Waals surface area contributed by atoms with Gasteiger partial charge in [0, 0.05) is 6.61 Å². The lowest BCUT2D eigenvalue weighted by molar-refractivity contribution is 0.102. The molecule has 12 heavy (non-hydrogen) atoms. The molecule has 0 aliphatic heterocycles. The molecule has 0 aliphatic rings.